The zero-order chi connectivity index (χ0) is 15.0. The predicted octanol–water partition coefficient (Wildman–Crippen LogP) is 1.08. The standard InChI is InChI=1S/C16H27N3O2/c1-12-15(20)18-10-6-4-8-14(18)16(21)19(12)11-13-7-3-5-9-17(13)2/h12-14H,3-11H2,1-2H3. The maximum atomic E-state index is 12.8. The SMILES string of the molecule is CC1C(=O)N2CCCCC2C(=O)N1CC1CCCCN1C. The van der Waals surface area contributed by atoms with Crippen molar-refractivity contribution in [3.8, 4) is 0 Å². The third kappa shape index (κ3) is 2.68. The fourth-order valence-corrected chi connectivity index (χ4v) is 4.06. The Bertz CT molecular complexity index is 426. The van der Waals surface area contributed by atoms with Crippen LogP contribution in [0.3, 0.4) is 0 Å². The molecular weight excluding hydrogens is 266 g/mol. The van der Waals surface area contributed by atoms with Crippen molar-refractivity contribution in [3.05, 3.63) is 0 Å². The molecule has 3 fully saturated rings. The van der Waals surface area contributed by atoms with Crippen molar-refractivity contribution in [2.75, 3.05) is 26.7 Å². The minimum Gasteiger partial charge on any atom is -0.329 e. The molecule has 3 rings (SSSR count). The molecule has 21 heavy (non-hydrogen) atoms. The van der Waals surface area contributed by atoms with Crippen LogP contribution in [0, 0.1) is 0 Å². The molecule has 0 N–H and O–H groups in total. The normalized spacial score (nSPS) is 35.0. The minimum atomic E-state index is -0.290. The fraction of sp³-hybridized carbons (Fsp3) is 0.875. The van der Waals surface area contributed by atoms with Gasteiger partial charge in [-0.1, -0.05) is 6.42 Å². The van der Waals surface area contributed by atoms with Crippen LogP contribution in [0.4, 0.5) is 0 Å². The first-order valence-electron chi connectivity index (χ1n) is 8.41. The van der Waals surface area contributed by atoms with E-state index in [9.17, 15) is 9.59 Å². The predicted molar refractivity (Wildman–Crippen MR) is 80.8 cm³/mol. The third-order valence-electron chi connectivity index (χ3n) is 5.51. The molecule has 3 aliphatic rings. The summed E-state index contributed by atoms with van der Waals surface area (Å²) < 4.78 is 0. The summed E-state index contributed by atoms with van der Waals surface area (Å²) in [7, 11) is 2.14. The number of carbonyl (C=O) groups excluding carboxylic acids is 2. The maximum absolute atomic E-state index is 12.8. The molecule has 3 unspecified atom stereocenters. The van der Waals surface area contributed by atoms with Gasteiger partial charge >= 0.3 is 0 Å². The number of piperidine rings is 2. The summed E-state index contributed by atoms with van der Waals surface area (Å²) in [5, 5.41) is 0. The number of likely N-dealkylation sites (tertiary alicyclic amines) is 1. The number of likely N-dealkylation sites (N-methyl/N-ethyl adjacent to an activating group) is 1. The van der Waals surface area contributed by atoms with Gasteiger partial charge in [-0.05, 0) is 52.6 Å². The molecule has 0 aromatic heterocycles. The molecule has 0 aromatic carbocycles. The Morgan fingerprint density at radius 1 is 1.00 bits per heavy atom. The number of fused-ring (bicyclic) bond motifs is 1. The van der Waals surface area contributed by atoms with Gasteiger partial charge in [-0.15, -0.1) is 0 Å². The summed E-state index contributed by atoms with van der Waals surface area (Å²) in [6.45, 7) is 4.47. The molecule has 3 aliphatic heterocycles. The summed E-state index contributed by atoms with van der Waals surface area (Å²) in [4.78, 5) is 31.4. The molecule has 3 heterocycles. The average molecular weight is 293 g/mol. The Hall–Kier alpha value is -1.10. The second-order valence-corrected chi connectivity index (χ2v) is 6.84. The van der Waals surface area contributed by atoms with E-state index in [1.807, 2.05) is 16.7 Å². The van der Waals surface area contributed by atoms with Crippen LogP contribution in [0.5, 0.6) is 0 Å². The molecule has 5 nitrogen and oxygen atoms in total. The van der Waals surface area contributed by atoms with E-state index in [0.29, 0.717) is 12.6 Å². The van der Waals surface area contributed by atoms with E-state index in [-0.39, 0.29) is 23.9 Å². The second-order valence-electron chi connectivity index (χ2n) is 6.84. The molecular formula is C16H27N3O2. The average Bonchev–Trinajstić information content (AvgIpc) is 2.51. The molecule has 0 saturated carbocycles. The first kappa shape index (κ1) is 14.8. The van der Waals surface area contributed by atoms with Gasteiger partial charge in [-0.25, -0.2) is 0 Å². The highest BCUT2D eigenvalue weighted by atomic mass is 16.2. The smallest absolute Gasteiger partial charge is 0.246 e. The van der Waals surface area contributed by atoms with Gasteiger partial charge in [0.2, 0.25) is 11.8 Å². The van der Waals surface area contributed by atoms with Crippen molar-refractivity contribution in [3.63, 3.8) is 0 Å². The Kier molecular flexibility index (Phi) is 4.20. The van der Waals surface area contributed by atoms with E-state index in [0.717, 1.165) is 38.8 Å². The van der Waals surface area contributed by atoms with Crippen LogP contribution in [0.15, 0.2) is 0 Å². The molecule has 0 radical (unpaired) electrons. The van der Waals surface area contributed by atoms with Crippen LogP contribution in [-0.2, 0) is 9.59 Å². The highest BCUT2D eigenvalue weighted by Crippen LogP contribution is 2.27. The van der Waals surface area contributed by atoms with Gasteiger partial charge < -0.3 is 14.7 Å². The number of carbonyl (C=O) groups is 2. The summed E-state index contributed by atoms with van der Waals surface area (Å²) >= 11 is 0. The molecule has 2 amide bonds. The molecule has 118 valence electrons. The lowest BCUT2D eigenvalue weighted by Crippen LogP contribution is -2.66. The second kappa shape index (κ2) is 5.95. The van der Waals surface area contributed by atoms with Gasteiger partial charge in [0.05, 0.1) is 0 Å². The first-order valence-corrected chi connectivity index (χ1v) is 8.41. The van der Waals surface area contributed by atoms with Crippen LogP contribution in [0.1, 0.15) is 45.4 Å². The molecule has 0 spiro atoms. The summed E-state index contributed by atoms with van der Waals surface area (Å²) in [6, 6.07) is -0.0633. The maximum Gasteiger partial charge on any atom is 0.246 e. The van der Waals surface area contributed by atoms with Gasteiger partial charge in [-0.2, -0.15) is 0 Å². The van der Waals surface area contributed by atoms with Crippen LogP contribution in [0.25, 0.3) is 0 Å². The largest absolute Gasteiger partial charge is 0.329 e. The summed E-state index contributed by atoms with van der Waals surface area (Å²) in [5.74, 6) is 0.332. The van der Waals surface area contributed by atoms with Gasteiger partial charge in [0.15, 0.2) is 0 Å². The molecule has 0 bridgehead atoms. The van der Waals surface area contributed by atoms with Crippen molar-refractivity contribution in [1.82, 2.24) is 14.7 Å². The number of nitrogens with zero attached hydrogens (tertiary/aromatic N) is 3. The molecule has 0 aromatic rings. The van der Waals surface area contributed by atoms with Crippen molar-refractivity contribution < 1.29 is 9.59 Å². The third-order valence-corrected chi connectivity index (χ3v) is 5.51. The Morgan fingerprint density at radius 2 is 1.71 bits per heavy atom. The zero-order valence-electron chi connectivity index (χ0n) is 13.3. The Balaban J connectivity index is 1.74. The van der Waals surface area contributed by atoms with Gasteiger partial charge in [-0.3, -0.25) is 9.59 Å². The van der Waals surface area contributed by atoms with Crippen LogP contribution in [-0.4, -0.2) is 71.3 Å². The fourth-order valence-electron chi connectivity index (χ4n) is 4.06. The van der Waals surface area contributed by atoms with Crippen molar-refractivity contribution in [2.24, 2.45) is 0 Å². The topological polar surface area (TPSA) is 43.9 Å². The van der Waals surface area contributed by atoms with E-state index < -0.39 is 0 Å². The Labute approximate surface area is 127 Å². The quantitative estimate of drug-likeness (QED) is 0.765. The van der Waals surface area contributed by atoms with Crippen molar-refractivity contribution in [1.29, 1.82) is 0 Å². The van der Waals surface area contributed by atoms with Gasteiger partial charge in [0, 0.05) is 19.1 Å². The molecule has 3 saturated heterocycles. The van der Waals surface area contributed by atoms with Crippen molar-refractivity contribution in [2.45, 2.75) is 63.6 Å². The first-order chi connectivity index (χ1) is 10.1. The summed E-state index contributed by atoms with van der Waals surface area (Å²) in [5.41, 5.74) is 0. The number of rotatable bonds is 2. The van der Waals surface area contributed by atoms with E-state index >= 15 is 0 Å². The van der Waals surface area contributed by atoms with E-state index in [4.69, 9.17) is 0 Å². The monoisotopic (exact) mass is 293 g/mol. The summed E-state index contributed by atoms with van der Waals surface area (Å²) in [6.07, 6.45) is 6.55. The molecule has 0 aliphatic carbocycles. The number of hydrogen-bond donors (Lipinski definition) is 0. The van der Waals surface area contributed by atoms with Crippen LogP contribution >= 0.6 is 0 Å². The molecule has 3 atom stereocenters. The number of amides is 2. The molecule has 5 heteroatoms. The zero-order valence-corrected chi connectivity index (χ0v) is 13.3. The van der Waals surface area contributed by atoms with Gasteiger partial charge in [0.1, 0.15) is 12.1 Å². The lowest BCUT2D eigenvalue weighted by Gasteiger charge is -2.48. The van der Waals surface area contributed by atoms with Crippen LogP contribution in [0.2, 0.25) is 0 Å². The van der Waals surface area contributed by atoms with Gasteiger partial charge in [0.25, 0.3) is 0 Å². The minimum absolute atomic E-state index is 0.151. The van der Waals surface area contributed by atoms with Crippen molar-refractivity contribution >= 4 is 11.8 Å². The van der Waals surface area contributed by atoms with E-state index in [2.05, 4.69) is 11.9 Å². The number of hydrogen-bond acceptors (Lipinski definition) is 3. The highest BCUT2D eigenvalue weighted by Gasteiger charge is 2.45. The van der Waals surface area contributed by atoms with E-state index in [1.54, 1.807) is 0 Å². The number of piperazine rings is 1. The lowest BCUT2D eigenvalue weighted by atomic mass is 9.94. The van der Waals surface area contributed by atoms with E-state index in [1.165, 1.54) is 12.8 Å². The highest BCUT2D eigenvalue weighted by molar-refractivity contribution is 5.97. The Morgan fingerprint density at radius 3 is 2.48 bits per heavy atom. The lowest BCUT2D eigenvalue weighted by molar-refractivity contribution is -0.163. The van der Waals surface area contributed by atoms with Crippen LogP contribution < -0.4 is 0 Å².